The van der Waals surface area contributed by atoms with Crippen LogP contribution < -0.4 is 10.1 Å². The molecule has 1 heterocycles. The van der Waals surface area contributed by atoms with E-state index in [-0.39, 0.29) is 11.7 Å². The first-order valence-electron chi connectivity index (χ1n) is 8.70. The molecule has 0 unspecified atom stereocenters. The van der Waals surface area contributed by atoms with E-state index >= 15 is 0 Å². The third-order valence-corrected chi connectivity index (χ3v) is 4.85. The number of aromatic nitrogens is 3. The van der Waals surface area contributed by atoms with Gasteiger partial charge in [0, 0.05) is 5.69 Å². The molecule has 0 saturated carbocycles. The van der Waals surface area contributed by atoms with Crippen LogP contribution in [0.3, 0.4) is 0 Å². The summed E-state index contributed by atoms with van der Waals surface area (Å²) in [5.41, 5.74) is 4.09. The summed E-state index contributed by atoms with van der Waals surface area (Å²) in [7, 11) is 0. The van der Waals surface area contributed by atoms with Crippen molar-refractivity contribution in [3.05, 3.63) is 59.9 Å². The molecule has 0 fully saturated rings. The number of aryl methyl sites for hydroxylation is 2. The molecule has 0 atom stereocenters. The molecule has 0 saturated heterocycles. The van der Waals surface area contributed by atoms with E-state index in [1.165, 1.54) is 17.3 Å². The molecule has 2 aromatic carbocycles. The van der Waals surface area contributed by atoms with Crippen LogP contribution in [0.1, 0.15) is 18.1 Å². The van der Waals surface area contributed by atoms with Crippen LogP contribution >= 0.6 is 11.8 Å². The number of benzene rings is 2. The van der Waals surface area contributed by atoms with E-state index in [0.29, 0.717) is 11.8 Å². The van der Waals surface area contributed by atoms with E-state index in [1.54, 1.807) is 6.33 Å². The summed E-state index contributed by atoms with van der Waals surface area (Å²) < 4.78 is 7.31. The highest BCUT2D eigenvalue weighted by Crippen LogP contribution is 2.23. The van der Waals surface area contributed by atoms with E-state index in [0.717, 1.165) is 22.7 Å². The van der Waals surface area contributed by atoms with Crippen molar-refractivity contribution in [2.45, 2.75) is 25.9 Å². The van der Waals surface area contributed by atoms with Crippen LogP contribution in [0.5, 0.6) is 5.75 Å². The van der Waals surface area contributed by atoms with Crippen molar-refractivity contribution in [2.24, 2.45) is 0 Å². The number of carbonyl (C=O) groups excluding carboxylic acids is 1. The number of thioether (sulfide) groups is 1. The highest BCUT2D eigenvalue weighted by atomic mass is 32.2. The second kappa shape index (κ2) is 8.73. The fourth-order valence-electron chi connectivity index (χ4n) is 2.69. The lowest BCUT2D eigenvalue weighted by Crippen LogP contribution is -2.14. The first-order chi connectivity index (χ1) is 13.1. The van der Waals surface area contributed by atoms with Crippen molar-refractivity contribution >= 4 is 23.4 Å². The molecule has 27 heavy (non-hydrogen) atoms. The Labute approximate surface area is 163 Å². The zero-order valence-electron chi connectivity index (χ0n) is 15.6. The first kappa shape index (κ1) is 19.0. The number of ether oxygens (including phenoxy) is 1. The molecule has 0 spiro atoms. The van der Waals surface area contributed by atoms with Gasteiger partial charge in [0.15, 0.2) is 5.16 Å². The van der Waals surface area contributed by atoms with Gasteiger partial charge in [-0.1, -0.05) is 29.5 Å². The largest absolute Gasteiger partial charge is 0.494 e. The van der Waals surface area contributed by atoms with E-state index in [4.69, 9.17) is 4.74 Å². The SMILES string of the molecule is CCOc1ccc(NC(=O)CSc2nncn2-c2ccc(C)cc2C)cc1. The molecule has 0 radical (unpaired) electrons. The number of rotatable bonds is 7. The lowest BCUT2D eigenvalue weighted by Gasteiger charge is -2.10. The van der Waals surface area contributed by atoms with Gasteiger partial charge in [-0.25, -0.2) is 0 Å². The van der Waals surface area contributed by atoms with Gasteiger partial charge in [0.2, 0.25) is 5.91 Å². The number of carbonyl (C=O) groups is 1. The second-order valence-electron chi connectivity index (χ2n) is 6.07. The Morgan fingerprint density at radius 1 is 1.19 bits per heavy atom. The van der Waals surface area contributed by atoms with Crippen LogP contribution in [0.15, 0.2) is 53.9 Å². The van der Waals surface area contributed by atoms with E-state index in [9.17, 15) is 4.79 Å². The van der Waals surface area contributed by atoms with Crippen LogP contribution in [0.2, 0.25) is 0 Å². The monoisotopic (exact) mass is 382 g/mol. The standard InChI is InChI=1S/C20H22N4O2S/c1-4-26-17-8-6-16(7-9-17)22-19(25)12-27-20-23-21-13-24(20)18-10-5-14(2)11-15(18)3/h5-11,13H,4,12H2,1-3H3,(H,22,25). The molecule has 7 heteroatoms. The van der Waals surface area contributed by atoms with Gasteiger partial charge in [-0.2, -0.15) is 0 Å². The third-order valence-electron chi connectivity index (χ3n) is 3.91. The normalized spacial score (nSPS) is 10.6. The maximum absolute atomic E-state index is 12.3. The smallest absolute Gasteiger partial charge is 0.234 e. The zero-order valence-corrected chi connectivity index (χ0v) is 16.4. The van der Waals surface area contributed by atoms with Crippen LogP contribution in [0.4, 0.5) is 5.69 Å². The average Bonchev–Trinajstić information content (AvgIpc) is 3.10. The van der Waals surface area contributed by atoms with E-state index in [1.807, 2.05) is 41.8 Å². The Hall–Kier alpha value is -2.80. The van der Waals surface area contributed by atoms with Gasteiger partial charge in [-0.05, 0) is 56.7 Å². The maximum Gasteiger partial charge on any atom is 0.234 e. The topological polar surface area (TPSA) is 69.0 Å². The summed E-state index contributed by atoms with van der Waals surface area (Å²) in [5, 5.41) is 11.7. The van der Waals surface area contributed by atoms with Crippen LogP contribution in [-0.2, 0) is 4.79 Å². The van der Waals surface area contributed by atoms with Gasteiger partial charge < -0.3 is 10.1 Å². The predicted molar refractivity (Wildman–Crippen MR) is 108 cm³/mol. The summed E-state index contributed by atoms with van der Waals surface area (Å²) in [4.78, 5) is 12.3. The molecule has 3 aromatic rings. The minimum Gasteiger partial charge on any atom is -0.494 e. The van der Waals surface area contributed by atoms with Crippen molar-refractivity contribution in [3.63, 3.8) is 0 Å². The average molecular weight is 382 g/mol. The predicted octanol–water partition coefficient (Wildman–Crippen LogP) is 4.01. The molecule has 0 bridgehead atoms. The van der Waals surface area contributed by atoms with Crippen molar-refractivity contribution in [2.75, 3.05) is 17.7 Å². The van der Waals surface area contributed by atoms with Crippen molar-refractivity contribution in [3.8, 4) is 11.4 Å². The molecule has 1 N–H and O–H groups in total. The molecule has 0 aliphatic rings. The van der Waals surface area contributed by atoms with Gasteiger partial charge in [0.1, 0.15) is 12.1 Å². The summed E-state index contributed by atoms with van der Waals surface area (Å²) in [6, 6.07) is 13.5. The summed E-state index contributed by atoms with van der Waals surface area (Å²) in [6.45, 7) is 6.66. The maximum atomic E-state index is 12.3. The molecule has 6 nitrogen and oxygen atoms in total. The Kier molecular flexibility index (Phi) is 6.13. The van der Waals surface area contributed by atoms with Crippen LogP contribution in [-0.4, -0.2) is 33.0 Å². The second-order valence-corrected chi connectivity index (χ2v) is 7.01. The summed E-state index contributed by atoms with van der Waals surface area (Å²) >= 11 is 1.35. The number of anilines is 1. The van der Waals surface area contributed by atoms with Crippen LogP contribution in [0.25, 0.3) is 5.69 Å². The Balaban J connectivity index is 1.62. The minimum absolute atomic E-state index is 0.0978. The number of hydrogen-bond donors (Lipinski definition) is 1. The Morgan fingerprint density at radius 2 is 1.96 bits per heavy atom. The lowest BCUT2D eigenvalue weighted by atomic mass is 10.1. The molecule has 0 aliphatic heterocycles. The first-order valence-corrected chi connectivity index (χ1v) is 9.68. The summed E-state index contributed by atoms with van der Waals surface area (Å²) in [5.74, 6) is 0.933. The van der Waals surface area contributed by atoms with Crippen molar-refractivity contribution < 1.29 is 9.53 Å². The van der Waals surface area contributed by atoms with E-state index < -0.39 is 0 Å². The fraction of sp³-hybridized carbons (Fsp3) is 0.250. The Morgan fingerprint density at radius 3 is 2.67 bits per heavy atom. The number of hydrogen-bond acceptors (Lipinski definition) is 5. The highest BCUT2D eigenvalue weighted by Gasteiger charge is 2.12. The minimum atomic E-state index is -0.0978. The lowest BCUT2D eigenvalue weighted by molar-refractivity contribution is -0.113. The van der Waals surface area contributed by atoms with Gasteiger partial charge in [0.05, 0.1) is 18.0 Å². The Bertz CT molecular complexity index is 922. The molecular formula is C20H22N4O2S. The number of nitrogens with one attached hydrogen (secondary N) is 1. The highest BCUT2D eigenvalue weighted by molar-refractivity contribution is 7.99. The van der Waals surface area contributed by atoms with Gasteiger partial charge in [-0.3, -0.25) is 9.36 Å². The van der Waals surface area contributed by atoms with Gasteiger partial charge >= 0.3 is 0 Å². The van der Waals surface area contributed by atoms with Crippen LogP contribution in [0, 0.1) is 13.8 Å². The molecule has 3 rings (SSSR count). The number of nitrogens with zero attached hydrogens (tertiary/aromatic N) is 3. The van der Waals surface area contributed by atoms with Crippen molar-refractivity contribution in [1.29, 1.82) is 0 Å². The van der Waals surface area contributed by atoms with Crippen molar-refractivity contribution in [1.82, 2.24) is 14.8 Å². The fourth-order valence-corrected chi connectivity index (χ4v) is 3.41. The number of amides is 1. The van der Waals surface area contributed by atoms with E-state index in [2.05, 4.69) is 41.5 Å². The molecule has 140 valence electrons. The molecule has 1 amide bonds. The third kappa shape index (κ3) is 4.89. The van der Waals surface area contributed by atoms with Gasteiger partial charge in [0.25, 0.3) is 0 Å². The zero-order chi connectivity index (χ0) is 19.2. The summed E-state index contributed by atoms with van der Waals surface area (Å²) in [6.07, 6.45) is 1.67. The molecule has 1 aromatic heterocycles. The molecule has 0 aliphatic carbocycles. The van der Waals surface area contributed by atoms with Gasteiger partial charge in [-0.15, -0.1) is 10.2 Å². The quantitative estimate of drug-likeness (QED) is 0.625. The molecular weight excluding hydrogens is 360 g/mol.